The highest BCUT2D eigenvalue weighted by atomic mass is 16.5. The van der Waals surface area contributed by atoms with Crippen molar-refractivity contribution in [2.75, 3.05) is 6.61 Å². The van der Waals surface area contributed by atoms with Gasteiger partial charge in [-0.2, -0.15) is 0 Å². The molecule has 0 spiro atoms. The van der Waals surface area contributed by atoms with Crippen molar-refractivity contribution in [3.05, 3.63) is 23.8 Å². The molecule has 0 radical (unpaired) electrons. The number of benzene rings is 1. The lowest BCUT2D eigenvalue weighted by atomic mass is 10.2. The van der Waals surface area contributed by atoms with Gasteiger partial charge in [0.15, 0.2) is 0 Å². The normalized spacial score (nSPS) is 9.83. The van der Waals surface area contributed by atoms with E-state index in [1.54, 1.807) is 18.2 Å². The highest BCUT2D eigenvalue weighted by molar-refractivity contribution is 5.39. The second-order valence-electron chi connectivity index (χ2n) is 2.43. The van der Waals surface area contributed by atoms with Gasteiger partial charge in [0.1, 0.15) is 11.5 Å². The second kappa shape index (κ2) is 3.97. The Morgan fingerprint density at radius 1 is 1.50 bits per heavy atom. The molecule has 0 aliphatic rings. The predicted octanol–water partition coefficient (Wildman–Crippen LogP) is 1.25. The fourth-order valence-corrected chi connectivity index (χ4v) is 0.982. The van der Waals surface area contributed by atoms with Crippen LogP contribution in [0.1, 0.15) is 12.5 Å². The molecule has 0 bridgehead atoms. The standard InChI is InChI=1S/C9H13NO2/c1-2-12-8-3-4-9(11)7(5-8)6-10/h3-5,11H,2,6,10H2,1H3. The van der Waals surface area contributed by atoms with E-state index >= 15 is 0 Å². The van der Waals surface area contributed by atoms with Crippen molar-refractivity contribution >= 4 is 0 Å². The van der Waals surface area contributed by atoms with Crippen molar-refractivity contribution in [3.63, 3.8) is 0 Å². The molecule has 0 aliphatic carbocycles. The molecule has 12 heavy (non-hydrogen) atoms. The molecule has 3 heteroatoms. The van der Waals surface area contributed by atoms with Crippen molar-refractivity contribution in [1.29, 1.82) is 0 Å². The number of aromatic hydroxyl groups is 1. The fraction of sp³-hybridized carbons (Fsp3) is 0.333. The van der Waals surface area contributed by atoms with Crippen LogP contribution in [0.2, 0.25) is 0 Å². The van der Waals surface area contributed by atoms with Crippen LogP contribution in [0.25, 0.3) is 0 Å². The maximum atomic E-state index is 9.27. The average molecular weight is 167 g/mol. The van der Waals surface area contributed by atoms with Crippen LogP contribution >= 0.6 is 0 Å². The van der Waals surface area contributed by atoms with Crippen LogP contribution in [0.15, 0.2) is 18.2 Å². The minimum Gasteiger partial charge on any atom is -0.508 e. The van der Waals surface area contributed by atoms with Crippen molar-refractivity contribution in [2.24, 2.45) is 5.73 Å². The van der Waals surface area contributed by atoms with Crippen LogP contribution in [0.4, 0.5) is 0 Å². The average Bonchev–Trinajstić information content (AvgIpc) is 2.09. The number of phenols is 1. The summed E-state index contributed by atoms with van der Waals surface area (Å²) in [4.78, 5) is 0. The van der Waals surface area contributed by atoms with E-state index in [4.69, 9.17) is 10.5 Å². The van der Waals surface area contributed by atoms with Crippen molar-refractivity contribution in [1.82, 2.24) is 0 Å². The molecule has 1 aromatic carbocycles. The third-order valence-electron chi connectivity index (χ3n) is 1.58. The van der Waals surface area contributed by atoms with Crippen molar-refractivity contribution in [2.45, 2.75) is 13.5 Å². The molecule has 0 aliphatic heterocycles. The van der Waals surface area contributed by atoms with Gasteiger partial charge in [0, 0.05) is 12.1 Å². The van der Waals surface area contributed by atoms with Gasteiger partial charge in [0.05, 0.1) is 6.61 Å². The van der Waals surface area contributed by atoms with E-state index in [0.717, 1.165) is 5.75 Å². The fourth-order valence-electron chi connectivity index (χ4n) is 0.982. The number of ether oxygens (including phenoxy) is 1. The van der Waals surface area contributed by atoms with E-state index in [1.165, 1.54) is 0 Å². The number of phenolic OH excluding ortho intramolecular Hbond substituents is 1. The number of nitrogens with two attached hydrogens (primary N) is 1. The van der Waals surface area contributed by atoms with E-state index in [-0.39, 0.29) is 5.75 Å². The second-order valence-corrected chi connectivity index (χ2v) is 2.43. The van der Waals surface area contributed by atoms with Gasteiger partial charge in [0.2, 0.25) is 0 Å². The number of hydrogen-bond acceptors (Lipinski definition) is 3. The van der Waals surface area contributed by atoms with Crippen LogP contribution in [0.3, 0.4) is 0 Å². The molecule has 0 unspecified atom stereocenters. The lowest BCUT2D eigenvalue weighted by Gasteiger charge is -2.05. The van der Waals surface area contributed by atoms with E-state index < -0.39 is 0 Å². The van der Waals surface area contributed by atoms with Gasteiger partial charge in [-0.05, 0) is 25.1 Å². The maximum Gasteiger partial charge on any atom is 0.120 e. The molecule has 0 saturated heterocycles. The highest BCUT2D eigenvalue weighted by Crippen LogP contribution is 2.22. The van der Waals surface area contributed by atoms with Crippen molar-refractivity contribution < 1.29 is 9.84 Å². The molecule has 0 fully saturated rings. The molecule has 66 valence electrons. The molecule has 1 rings (SSSR count). The van der Waals surface area contributed by atoms with Crippen LogP contribution in [-0.4, -0.2) is 11.7 Å². The first kappa shape index (κ1) is 8.87. The van der Waals surface area contributed by atoms with Gasteiger partial charge in [-0.1, -0.05) is 0 Å². The molecule has 0 amide bonds. The van der Waals surface area contributed by atoms with Gasteiger partial charge in [0.25, 0.3) is 0 Å². The van der Waals surface area contributed by atoms with Crippen LogP contribution in [-0.2, 0) is 6.54 Å². The molecule has 0 saturated carbocycles. The third kappa shape index (κ3) is 1.89. The van der Waals surface area contributed by atoms with Crippen LogP contribution in [0.5, 0.6) is 11.5 Å². The van der Waals surface area contributed by atoms with Crippen LogP contribution in [0, 0.1) is 0 Å². The first-order chi connectivity index (χ1) is 5.77. The summed E-state index contributed by atoms with van der Waals surface area (Å²) in [5.74, 6) is 0.969. The summed E-state index contributed by atoms with van der Waals surface area (Å²) in [6, 6.07) is 5.06. The maximum absolute atomic E-state index is 9.27. The largest absolute Gasteiger partial charge is 0.508 e. The molecule has 3 N–H and O–H groups in total. The topological polar surface area (TPSA) is 55.5 Å². The van der Waals surface area contributed by atoms with Gasteiger partial charge in [-0.25, -0.2) is 0 Å². The zero-order valence-electron chi connectivity index (χ0n) is 7.08. The molecule has 0 heterocycles. The molecule has 3 nitrogen and oxygen atoms in total. The Morgan fingerprint density at radius 3 is 2.83 bits per heavy atom. The Bertz CT molecular complexity index is 261. The van der Waals surface area contributed by atoms with Crippen LogP contribution < -0.4 is 10.5 Å². The molecule has 0 aromatic heterocycles. The van der Waals surface area contributed by atoms with E-state index in [1.807, 2.05) is 6.92 Å². The molecular weight excluding hydrogens is 154 g/mol. The minimum absolute atomic E-state index is 0.223. The van der Waals surface area contributed by atoms with Gasteiger partial charge >= 0.3 is 0 Å². The van der Waals surface area contributed by atoms with Gasteiger partial charge in [-0.15, -0.1) is 0 Å². The lowest BCUT2D eigenvalue weighted by Crippen LogP contribution is -1.98. The molecular formula is C9H13NO2. The quantitative estimate of drug-likeness (QED) is 0.712. The highest BCUT2D eigenvalue weighted by Gasteiger charge is 2.00. The first-order valence-electron chi connectivity index (χ1n) is 3.92. The van der Waals surface area contributed by atoms with Crippen molar-refractivity contribution in [3.8, 4) is 11.5 Å². The zero-order valence-corrected chi connectivity index (χ0v) is 7.08. The Kier molecular flexibility index (Phi) is 2.94. The molecule has 0 atom stereocenters. The number of hydrogen-bond donors (Lipinski definition) is 2. The number of rotatable bonds is 3. The SMILES string of the molecule is CCOc1ccc(O)c(CN)c1. The van der Waals surface area contributed by atoms with E-state index in [9.17, 15) is 5.11 Å². The summed E-state index contributed by atoms with van der Waals surface area (Å²) < 4.78 is 5.24. The Morgan fingerprint density at radius 2 is 2.25 bits per heavy atom. The Hall–Kier alpha value is -1.22. The van der Waals surface area contributed by atoms with E-state index in [2.05, 4.69) is 0 Å². The molecule has 1 aromatic rings. The summed E-state index contributed by atoms with van der Waals surface area (Å²) >= 11 is 0. The van der Waals surface area contributed by atoms with Gasteiger partial charge in [-0.3, -0.25) is 0 Å². The smallest absolute Gasteiger partial charge is 0.120 e. The Labute approximate surface area is 71.8 Å². The summed E-state index contributed by atoms with van der Waals surface area (Å²) in [5, 5.41) is 9.27. The Balaban J connectivity index is 2.89. The summed E-state index contributed by atoms with van der Waals surface area (Å²) in [6.45, 7) is 2.86. The van der Waals surface area contributed by atoms with Gasteiger partial charge < -0.3 is 15.6 Å². The van der Waals surface area contributed by atoms with E-state index in [0.29, 0.717) is 18.7 Å². The summed E-state index contributed by atoms with van der Waals surface area (Å²) in [6.07, 6.45) is 0. The summed E-state index contributed by atoms with van der Waals surface area (Å²) in [5.41, 5.74) is 6.11. The third-order valence-corrected chi connectivity index (χ3v) is 1.58. The minimum atomic E-state index is 0.223. The predicted molar refractivity (Wildman–Crippen MR) is 47.2 cm³/mol. The monoisotopic (exact) mass is 167 g/mol. The lowest BCUT2D eigenvalue weighted by molar-refractivity contribution is 0.339. The first-order valence-corrected chi connectivity index (χ1v) is 3.92. The zero-order chi connectivity index (χ0) is 8.97. The summed E-state index contributed by atoms with van der Waals surface area (Å²) in [7, 11) is 0.